The third-order valence-corrected chi connectivity index (χ3v) is 7.91. The fourth-order valence-corrected chi connectivity index (χ4v) is 5.78. The molecule has 1 atom stereocenters. The largest absolute Gasteiger partial charge is 0.310 e. The summed E-state index contributed by atoms with van der Waals surface area (Å²) in [7, 11) is -3.60. The minimum atomic E-state index is -3.60. The number of hydrogen-bond donors (Lipinski definition) is 2. The number of thiophene rings is 1. The van der Waals surface area contributed by atoms with Crippen LogP contribution in [0.15, 0.2) is 58.8 Å². The van der Waals surface area contributed by atoms with Crippen LogP contribution in [0.2, 0.25) is 0 Å². The summed E-state index contributed by atoms with van der Waals surface area (Å²) >= 11 is 1.30. The highest BCUT2D eigenvalue weighted by molar-refractivity contribution is 7.94. The van der Waals surface area contributed by atoms with Crippen molar-refractivity contribution in [3.8, 4) is 0 Å². The van der Waals surface area contributed by atoms with Crippen molar-refractivity contribution in [1.29, 1.82) is 0 Å². The van der Waals surface area contributed by atoms with Crippen molar-refractivity contribution in [3.05, 3.63) is 60.2 Å². The van der Waals surface area contributed by atoms with E-state index in [0.29, 0.717) is 22.5 Å². The van der Waals surface area contributed by atoms with Gasteiger partial charge in [-0.1, -0.05) is 49.2 Å². The Morgan fingerprint density at radius 3 is 2.63 bits per heavy atom. The molecule has 4 rings (SSSR count). The van der Waals surface area contributed by atoms with Crippen LogP contribution in [0.4, 0.5) is 5.69 Å². The number of para-hydroxylation sites is 1. The van der Waals surface area contributed by atoms with Gasteiger partial charge >= 0.3 is 0 Å². The maximum atomic E-state index is 12.9. The molecule has 142 valence electrons. The number of rotatable bonds is 8. The summed E-state index contributed by atoms with van der Waals surface area (Å²) in [5.74, 6) is 0.870. The Bertz CT molecular complexity index is 1010. The van der Waals surface area contributed by atoms with E-state index in [4.69, 9.17) is 0 Å². The molecule has 0 aliphatic heterocycles. The topological polar surface area (TPSA) is 58.2 Å². The van der Waals surface area contributed by atoms with Gasteiger partial charge in [0.25, 0.3) is 10.0 Å². The van der Waals surface area contributed by atoms with Crippen LogP contribution in [0.5, 0.6) is 0 Å². The summed E-state index contributed by atoms with van der Waals surface area (Å²) in [6, 6.07) is 17.5. The number of benzene rings is 2. The van der Waals surface area contributed by atoms with Gasteiger partial charge < -0.3 is 5.32 Å². The summed E-state index contributed by atoms with van der Waals surface area (Å²) < 4.78 is 29.9. The summed E-state index contributed by atoms with van der Waals surface area (Å²) in [5, 5.41) is 4.48. The Kier molecular flexibility index (Phi) is 5.21. The smallest absolute Gasteiger partial charge is 0.271 e. The van der Waals surface area contributed by atoms with Crippen molar-refractivity contribution in [2.45, 2.75) is 43.0 Å². The van der Waals surface area contributed by atoms with Crippen molar-refractivity contribution in [1.82, 2.24) is 5.32 Å². The van der Waals surface area contributed by atoms with Crippen LogP contribution in [-0.2, 0) is 16.6 Å². The molecule has 0 saturated heterocycles. The fourth-order valence-electron chi connectivity index (χ4n) is 3.28. The summed E-state index contributed by atoms with van der Waals surface area (Å²) in [6.45, 7) is 2.85. The first kappa shape index (κ1) is 18.5. The Labute approximate surface area is 164 Å². The lowest BCUT2D eigenvalue weighted by Crippen LogP contribution is -2.26. The van der Waals surface area contributed by atoms with Gasteiger partial charge in [-0.2, -0.15) is 0 Å². The monoisotopic (exact) mass is 400 g/mol. The molecular weight excluding hydrogens is 376 g/mol. The molecule has 6 heteroatoms. The van der Waals surface area contributed by atoms with E-state index in [1.807, 2.05) is 48.5 Å². The first-order chi connectivity index (χ1) is 13.0. The van der Waals surface area contributed by atoms with E-state index in [1.165, 1.54) is 30.6 Å². The second kappa shape index (κ2) is 7.62. The van der Waals surface area contributed by atoms with Gasteiger partial charge in [-0.3, -0.25) is 4.72 Å². The molecule has 0 radical (unpaired) electrons. The average Bonchev–Trinajstić information content (AvgIpc) is 3.34. The summed E-state index contributed by atoms with van der Waals surface area (Å²) in [4.78, 5) is 0. The number of sulfonamides is 1. The van der Waals surface area contributed by atoms with Crippen molar-refractivity contribution >= 4 is 37.1 Å². The third-order valence-electron chi connectivity index (χ3n) is 4.95. The number of nitrogens with one attached hydrogen (secondary N) is 2. The van der Waals surface area contributed by atoms with E-state index in [-0.39, 0.29) is 0 Å². The lowest BCUT2D eigenvalue weighted by molar-refractivity contribution is 0.488. The second-order valence-corrected chi connectivity index (χ2v) is 10.3. The standard InChI is InChI=1S/C21H24N2O2S2/c1-15(12-16-10-11-16)22-14-18-7-2-4-8-19(18)23-27(24,25)21-13-17-6-3-5-9-20(17)26-21/h2-9,13,15-16,22-23H,10-12,14H2,1H3/t15-/m0/s1. The van der Waals surface area contributed by atoms with Gasteiger partial charge in [-0.15, -0.1) is 11.3 Å². The normalized spacial score (nSPS) is 15.7. The van der Waals surface area contributed by atoms with Gasteiger partial charge in [0.15, 0.2) is 0 Å². The lowest BCUT2D eigenvalue weighted by atomic mass is 10.1. The minimum absolute atomic E-state index is 0.341. The van der Waals surface area contributed by atoms with E-state index in [2.05, 4.69) is 17.0 Å². The van der Waals surface area contributed by atoms with E-state index < -0.39 is 10.0 Å². The van der Waals surface area contributed by atoms with Crippen LogP contribution in [0, 0.1) is 5.92 Å². The van der Waals surface area contributed by atoms with Crippen LogP contribution in [0.3, 0.4) is 0 Å². The quantitative estimate of drug-likeness (QED) is 0.561. The molecule has 4 nitrogen and oxygen atoms in total. The van der Waals surface area contributed by atoms with Gasteiger partial charge in [-0.25, -0.2) is 8.42 Å². The Balaban J connectivity index is 1.50. The predicted molar refractivity (Wildman–Crippen MR) is 113 cm³/mol. The number of hydrogen-bond acceptors (Lipinski definition) is 4. The first-order valence-corrected chi connectivity index (χ1v) is 11.6. The minimum Gasteiger partial charge on any atom is -0.310 e. The maximum Gasteiger partial charge on any atom is 0.271 e. The molecule has 3 aromatic rings. The number of fused-ring (bicyclic) bond motifs is 1. The van der Waals surface area contributed by atoms with E-state index in [1.54, 1.807) is 6.07 Å². The van der Waals surface area contributed by atoms with Gasteiger partial charge in [0.1, 0.15) is 4.21 Å². The van der Waals surface area contributed by atoms with Gasteiger partial charge in [0, 0.05) is 17.3 Å². The average molecular weight is 401 g/mol. The highest BCUT2D eigenvalue weighted by Crippen LogP contribution is 2.33. The summed E-state index contributed by atoms with van der Waals surface area (Å²) in [5.41, 5.74) is 1.60. The molecule has 27 heavy (non-hydrogen) atoms. The zero-order valence-corrected chi connectivity index (χ0v) is 16.9. The van der Waals surface area contributed by atoms with Crippen LogP contribution >= 0.6 is 11.3 Å². The molecule has 0 bridgehead atoms. The van der Waals surface area contributed by atoms with Gasteiger partial charge in [-0.05, 0) is 48.4 Å². The first-order valence-electron chi connectivity index (χ1n) is 9.34. The molecule has 2 N–H and O–H groups in total. The highest BCUT2D eigenvalue weighted by atomic mass is 32.2. The van der Waals surface area contributed by atoms with Crippen LogP contribution in [0.25, 0.3) is 10.1 Å². The van der Waals surface area contributed by atoms with Gasteiger partial charge in [0.05, 0.1) is 5.69 Å². The van der Waals surface area contributed by atoms with Crippen molar-refractivity contribution in [2.24, 2.45) is 5.92 Å². The van der Waals surface area contributed by atoms with E-state index >= 15 is 0 Å². The molecule has 0 unspecified atom stereocenters. The Morgan fingerprint density at radius 2 is 1.85 bits per heavy atom. The van der Waals surface area contributed by atoms with Crippen LogP contribution in [0.1, 0.15) is 31.7 Å². The number of anilines is 1. The summed E-state index contributed by atoms with van der Waals surface area (Å²) in [6.07, 6.45) is 3.88. The maximum absolute atomic E-state index is 12.9. The van der Waals surface area contributed by atoms with Crippen molar-refractivity contribution < 1.29 is 8.42 Å². The van der Waals surface area contributed by atoms with Crippen molar-refractivity contribution in [3.63, 3.8) is 0 Å². The molecule has 1 saturated carbocycles. The molecule has 0 spiro atoms. The zero-order valence-electron chi connectivity index (χ0n) is 15.3. The SMILES string of the molecule is C[C@@H](CC1CC1)NCc1ccccc1NS(=O)(=O)c1cc2ccccc2s1. The molecule has 2 aromatic carbocycles. The second-order valence-electron chi connectivity index (χ2n) is 7.33. The zero-order chi connectivity index (χ0) is 18.9. The third kappa shape index (κ3) is 4.51. The molecule has 1 aliphatic rings. The predicted octanol–water partition coefficient (Wildman–Crippen LogP) is 4.98. The van der Waals surface area contributed by atoms with Crippen LogP contribution < -0.4 is 10.0 Å². The molecule has 1 heterocycles. The fraction of sp³-hybridized carbons (Fsp3) is 0.333. The van der Waals surface area contributed by atoms with Crippen molar-refractivity contribution in [2.75, 3.05) is 4.72 Å². The molecule has 1 aliphatic carbocycles. The van der Waals surface area contributed by atoms with E-state index in [0.717, 1.165) is 21.6 Å². The van der Waals surface area contributed by atoms with Crippen LogP contribution in [-0.4, -0.2) is 14.5 Å². The molecule has 1 fully saturated rings. The Hall–Kier alpha value is -1.89. The van der Waals surface area contributed by atoms with E-state index in [9.17, 15) is 8.42 Å². The molecule has 1 aromatic heterocycles. The highest BCUT2D eigenvalue weighted by Gasteiger charge is 2.23. The van der Waals surface area contributed by atoms with Gasteiger partial charge in [0.2, 0.25) is 0 Å². The lowest BCUT2D eigenvalue weighted by Gasteiger charge is -2.16. The molecule has 0 amide bonds. The molecular formula is C21H24N2O2S2. The Morgan fingerprint density at radius 1 is 1.11 bits per heavy atom.